The van der Waals surface area contributed by atoms with Crippen molar-refractivity contribution in [1.29, 1.82) is 0 Å². The number of nitrogens with zero attached hydrogens (tertiary/aromatic N) is 1. The molecule has 1 fully saturated rings. The van der Waals surface area contributed by atoms with Gasteiger partial charge in [-0.1, -0.05) is 29.8 Å². The number of aryl methyl sites for hydroxylation is 1. The molecule has 1 aliphatic rings. The van der Waals surface area contributed by atoms with Crippen LogP contribution in [0.4, 0.5) is 0 Å². The minimum absolute atomic E-state index is 0.0660. The van der Waals surface area contributed by atoms with Gasteiger partial charge in [0.1, 0.15) is 6.04 Å². The third kappa shape index (κ3) is 3.68. The third-order valence-electron chi connectivity index (χ3n) is 3.80. The molecule has 1 heterocycles. The van der Waals surface area contributed by atoms with Crippen molar-refractivity contribution in [3.8, 4) is 0 Å². The molecular weight excluding hydrogens is 270 g/mol. The molecule has 1 aliphatic heterocycles. The smallest absolute Gasteiger partial charge is 0.326 e. The zero-order valence-electron chi connectivity index (χ0n) is 12.0. The van der Waals surface area contributed by atoms with Crippen molar-refractivity contribution in [2.45, 2.75) is 38.6 Å². The lowest BCUT2D eigenvalue weighted by Gasteiger charge is -2.21. The van der Waals surface area contributed by atoms with E-state index in [1.165, 1.54) is 4.90 Å². The van der Waals surface area contributed by atoms with Gasteiger partial charge in [-0.3, -0.25) is 9.59 Å². The molecule has 0 radical (unpaired) electrons. The van der Waals surface area contributed by atoms with Gasteiger partial charge in [-0.2, -0.15) is 0 Å². The van der Waals surface area contributed by atoms with Gasteiger partial charge in [0.15, 0.2) is 5.78 Å². The van der Waals surface area contributed by atoms with Crippen molar-refractivity contribution < 1.29 is 19.5 Å². The standard InChI is InChI=1S/C16H19NO4/c1-11-4-6-12(7-5-11)14(18)8-9-15(19)17-10-2-3-13(17)16(20)21/h4-7,13H,2-3,8-10H2,1H3,(H,20,21)/t13-/m0/s1. The number of hydrogen-bond acceptors (Lipinski definition) is 3. The SMILES string of the molecule is Cc1ccc(C(=O)CCC(=O)N2CCC[C@H]2C(=O)O)cc1. The third-order valence-corrected chi connectivity index (χ3v) is 3.80. The second-order valence-electron chi connectivity index (χ2n) is 5.37. The lowest BCUT2D eigenvalue weighted by molar-refractivity contribution is -0.148. The summed E-state index contributed by atoms with van der Waals surface area (Å²) in [7, 11) is 0. The van der Waals surface area contributed by atoms with Gasteiger partial charge in [-0.15, -0.1) is 0 Å². The second kappa shape index (κ2) is 6.52. The van der Waals surface area contributed by atoms with Crippen LogP contribution in [0.5, 0.6) is 0 Å². The molecule has 1 N–H and O–H groups in total. The van der Waals surface area contributed by atoms with Crippen LogP contribution >= 0.6 is 0 Å². The van der Waals surface area contributed by atoms with E-state index < -0.39 is 12.0 Å². The summed E-state index contributed by atoms with van der Waals surface area (Å²) in [6.07, 6.45) is 1.38. The van der Waals surface area contributed by atoms with Crippen molar-refractivity contribution in [3.05, 3.63) is 35.4 Å². The molecule has 1 aromatic rings. The highest BCUT2D eigenvalue weighted by molar-refractivity contribution is 5.98. The fourth-order valence-electron chi connectivity index (χ4n) is 2.57. The zero-order chi connectivity index (χ0) is 15.4. The number of likely N-dealkylation sites (tertiary alicyclic amines) is 1. The number of amides is 1. The molecule has 1 atom stereocenters. The van der Waals surface area contributed by atoms with Crippen molar-refractivity contribution >= 4 is 17.7 Å². The molecule has 0 saturated carbocycles. The van der Waals surface area contributed by atoms with E-state index >= 15 is 0 Å². The van der Waals surface area contributed by atoms with Crippen molar-refractivity contribution in [1.82, 2.24) is 4.90 Å². The highest BCUT2D eigenvalue weighted by atomic mass is 16.4. The van der Waals surface area contributed by atoms with Crippen LogP contribution in [0, 0.1) is 6.92 Å². The Bertz CT molecular complexity index is 550. The van der Waals surface area contributed by atoms with Gasteiger partial charge in [-0.25, -0.2) is 4.79 Å². The molecule has 0 aliphatic carbocycles. The molecular formula is C16H19NO4. The Hall–Kier alpha value is -2.17. The molecule has 1 aromatic carbocycles. The first-order valence-corrected chi connectivity index (χ1v) is 7.11. The summed E-state index contributed by atoms with van der Waals surface area (Å²) in [5.41, 5.74) is 1.66. The summed E-state index contributed by atoms with van der Waals surface area (Å²) >= 11 is 0. The van der Waals surface area contributed by atoms with Gasteiger partial charge in [0.2, 0.25) is 5.91 Å². The first-order valence-electron chi connectivity index (χ1n) is 7.11. The first-order chi connectivity index (χ1) is 9.99. The summed E-state index contributed by atoms with van der Waals surface area (Å²) < 4.78 is 0. The number of Topliss-reactive ketones (excluding diaryl/α,β-unsaturated/α-hetero) is 1. The molecule has 5 nitrogen and oxygen atoms in total. The summed E-state index contributed by atoms with van der Waals surface area (Å²) in [6.45, 7) is 2.41. The van der Waals surface area contributed by atoms with Crippen LogP contribution in [0.15, 0.2) is 24.3 Å². The molecule has 21 heavy (non-hydrogen) atoms. The molecule has 1 amide bonds. The van der Waals surface area contributed by atoms with E-state index in [9.17, 15) is 14.4 Å². The van der Waals surface area contributed by atoms with E-state index in [2.05, 4.69) is 0 Å². The Kier molecular flexibility index (Phi) is 4.73. The number of rotatable bonds is 5. The van der Waals surface area contributed by atoms with Crippen molar-refractivity contribution in [3.63, 3.8) is 0 Å². The Morgan fingerprint density at radius 3 is 2.48 bits per heavy atom. The van der Waals surface area contributed by atoms with Gasteiger partial charge in [0.05, 0.1) is 0 Å². The largest absolute Gasteiger partial charge is 0.480 e. The molecule has 112 valence electrons. The highest BCUT2D eigenvalue weighted by Gasteiger charge is 2.33. The highest BCUT2D eigenvalue weighted by Crippen LogP contribution is 2.19. The van der Waals surface area contributed by atoms with Crippen LogP contribution in [-0.4, -0.2) is 40.3 Å². The molecule has 0 bridgehead atoms. The lowest BCUT2D eigenvalue weighted by atomic mass is 10.0. The minimum Gasteiger partial charge on any atom is -0.480 e. The predicted molar refractivity (Wildman–Crippen MR) is 77.1 cm³/mol. The van der Waals surface area contributed by atoms with E-state index in [4.69, 9.17) is 5.11 Å². The number of carboxylic acids is 1. The fourth-order valence-corrected chi connectivity index (χ4v) is 2.57. The summed E-state index contributed by atoms with van der Waals surface area (Å²) in [6, 6.07) is 6.48. The Labute approximate surface area is 123 Å². The normalized spacial score (nSPS) is 17.8. The fraction of sp³-hybridized carbons (Fsp3) is 0.438. The van der Waals surface area contributed by atoms with E-state index in [0.29, 0.717) is 24.9 Å². The maximum Gasteiger partial charge on any atom is 0.326 e. The monoisotopic (exact) mass is 289 g/mol. The number of carbonyl (C=O) groups excluding carboxylic acids is 2. The van der Waals surface area contributed by atoms with E-state index in [1.54, 1.807) is 12.1 Å². The molecule has 0 spiro atoms. The van der Waals surface area contributed by atoms with E-state index in [1.807, 2.05) is 19.1 Å². The molecule has 0 unspecified atom stereocenters. The predicted octanol–water partition coefficient (Wildman–Crippen LogP) is 2.03. The Morgan fingerprint density at radius 1 is 1.19 bits per heavy atom. The van der Waals surface area contributed by atoms with Gasteiger partial charge in [-0.05, 0) is 19.8 Å². The quantitative estimate of drug-likeness (QED) is 0.842. The average molecular weight is 289 g/mol. The Morgan fingerprint density at radius 2 is 1.86 bits per heavy atom. The number of hydrogen-bond donors (Lipinski definition) is 1. The number of carboxylic acid groups (broad SMARTS) is 1. The van der Waals surface area contributed by atoms with Crippen LogP contribution in [0.25, 0.3) is 0 Å². The maximum atomic E-state index is 12.1. The van der Waals surface area contributed by atoms with E-state index in [0.717, 1.165) is 5.56 Å². The molecule has 0 aromatic heterocycles. The van der Waals surface area contributed by atoms with Gasteiger partial charge < -0.3 is 10.0 Å². The van der Waals surface area contributed by atoms with Crippen LogP contribution in [0.3, 0.4) is 0 Å². The molecule has 5 heteroatoms. The van der Waals surface area contributed by atoms with E-state index in [-0.39, 0.29) is 24.5 Å². The summed E-state index contributed by atoms with van der Waals surface area (Å²) in [5, 5.41) is 9.05. The summed E-state index contributed by atoms with van der Waals surface area (Å²) in [5.74, 6) is -1.31. The topological polar surface area (TPSA) is 74.7 Å². The average Bonchev–Trinajstić information content (AvgIpc) is 2.95. The van der Waals surface area contributed by atoms with Crippen LogP contribution in [-0.2, 0) is 9.59 Å². The van der Waals surface area contributed by atoms with Crippen LogP contribution < -0.4 is 0 Å². The van der Waals surface area contributed by atoms with Gasteiger partial charge >= 0.3 is 5.97 Å². The summed E-state index contributed by atoms with van der Waals surface area (Å²) in [4.78, 5) is 36.5. The van der Waals surface area contributed by atoms with Crippen LogP contribution in [0.1, 0.15) is 41.6 Å². The van der Waals surface area contributed by atoms with Crippen LogP contribution in [0.2, 0.25) is 0 Å². The molecule has 2 rings (SSSR count). The van der Waals surface area contributed by atoms with Gasteiger partial charge in [0, 0.05) is 24.9 Å². The number of benzene rings is 1. The Balaban J connectivity index is 1.90. The first kappa shape index (κ1) is 15.2. The molecule has 1 saturated heterocycles. The van der Waals surface area contributed by atoms with Gasteiger partial charge in [0.25, 0.3) is 0 Å². The number of carbonyl (C=O) groups is 3. The van der Waals surface area contributed by atoms with Crippen molar-refractivity contribution in [2.24, 2.45) is 0 Å². The second-order valence-corrected chi connectivity index (χ2v) is 5.37. The lowest BCUT2D eigenvalue weighted by Crippen LogP contribution is -2.40. The number of aliphatic carboxylic acids is 1. The number of ketones is 1. The maximum absolute atomic E-state index is 12.1. The van der Waals surface area contributed by atoms with Crippen molar-refractivity contribution in [2.75, 3.05) is 6.54 Å². The zero-order valence-corrected chi connectivity index (χ0v) is 12.0. The minimum atomic E-state index is -0.967.